The fourth-order valence-electron chi connectivity index (χ4n) is 1.81. The van der Waals surface area contributed by atoms with Gasteiger partial charge in [-0.15, -0.1) is 11.6 Å². The number of esters is 2. The Hall–Kier alpha value is -1.03. The maximum absolute atomic E-state index is 11.4. The zero-order chi connectivity index (χ0) is 16.5. The highest BCUT2D eigenvalue weighted by Crippen LogP contribution is 2.06. The molecule has 0 bridgehead atoms. The Morgan fingerprint density at radius 1 is 0.864 bits per heavy atom. The minimum Gasteiger partial charge on any atom is -0.466 e. The number of ether oxygens (including phenoxy) is 2. The Balaban J connectivity index is 3.38. The number of hydrogen-bond donors (Lipinski definition) is 0. The van der Waals surface area contributed by atoms with E-state index in [1.807, 2.05) is 13.0 Å². The van der Waals surface area contributed by atoms with Crippen molar-refractivity contribution in [3.05, 3.63) is 12.2 Å². The van der Waals surface area contributed by atoms with Crippen molar-refractivity contribution in [2.24, 2.45) is 0 Å². The monoisotopic (exact) mass is 332 g/mol. The summed E-state index contributed by atoms with van der Waals surface area (Å²) in [5.41, 5.74) is 0. The van der Waals surface area contributed by atoms with Crippen LogP contribution in [-0.2, 0) is 19.1 Å². The van der Waals surface area contributed by atoms with E-state index in [0.29, 0.717) is 6.61 Å². The van der Waals surface area contributed by atoms with Crippen molar-refractivity contribution in [2.45, 2.75) is 64.7 Å². The highest BCUT2D eigenvalue weighted by molar-refractivity contribution is 6.17. The third-order valence-corrected chi connectivity index (χ3v) is 3.33. The first-order valence-corrected chi connectivity index (χ1v) is 8.76. The molecule has 0 heterocycles. The first-order chi connectivity index (χ1) is 10.7. The van der Waals surface area contributed by atoms with Crippen LogP contribution in [0.5, 0.6) is 0 Å². The number of carbonyl (C=O) groups excluding carboxylic acids is 2. The molecule has 0 aromatic carbocycles. The van der Waals surface area contributed by atoms with Gasteiger partial charge in [-0.25, -0.2) is 0 Å². The van der Waals surface area contributed by atoms with Crippen molar-refractivity contribution in [3.8, 4) is 0 Å². The Morgan fingerprint density at radius 3 is 2.09 bits per heavy atom. The van der Waals surface area contributed by atoms with Gasteiger partial charge in [-0.3, -0.25) is 9.59 Å². The second kappa shape index (κ2) is 16.3. The first kappa shape index (κ1) is 21.0. The SMILES string of the molecule is CC/C=C\COC(=O)CCC(=O)OCCCCCCCCCl. The normalized spacial score (nSPS) is 10.8. The van der Waals surface area contributed by atoms with Gasteiger partial charge in [0, 0.05) is 5.88 Å². The van der Waals surface area contributed by atoms with E-state index in [1.165, 1.54) is 12.8 Å². The molecule has 0 aromatic heterocycles. The third-order valence-electron chi connectivity index (χ3n) is 3.07. The van der Waals surface area contributed by atoms with Crippen LogP contribution in [0.25, 0.3) is 0 Å². The van der Waals surface area contributed by atoms with Crippen molar-refractivity contribution >= 4 is 23.5 Å². The lowest BCUT2D eigenvalue weighted by Crippen LogP contribution is -2.11. The van der Waals surface area contributed by atoms with Crippen LogP contribution in [-0.4, -0.2) is 31.0 Å². The number of rotatable bonds is 14. The molecule has 0 aromatic rings. The first-order valence-electron chi connectivity index (χ1n) is 8.23. The van der Waals surface area contributed by atoms with E-state index in [9.17, 15) is 9.59 Å². The minimum atomic E-state index is -0.364. The van der Waals surface area contributed by atoms with Crippen molar-refractivity contribution < 1.29 is 19.1 Å². The molecule has 0 N–H and O–H groups in total. The molecule has 0 aliphatic rings. The molecule has 5 heteroatoms. The molecule has 0 amide bonds. The van der Waals surface area contributed by atoms with Crippen LogP contribution in [0.3, 0.4) is 0 Å². The van der Waals surface area contributed by atoms with E-state index in [1.54, 1.807) is 6.08 Å². The van der Waals surface area contributed by atoms with Crippen LogP contribution in [0.2, 0.25) is 0 Å². The van der Waals surface area contributed by atoms with Gasteiger partial charge in [0.15, 0.2) is 0 Å². The van der Waals surface area contributed by atoms with Gasteiger partial charge in [0.25, 0.3) is 0 Å². The van der Waals surface area contributed by atoms with Gasteiger partial charge in [0.05, 0.1) is 19.4 Å². The molecule has 0 saturated heterocycles. The Labute approximate surface area is 139 Å². The molecular formula is C17H29ClO4. The lowest BCUT2D eigenvalue weighted by molar-refractivity contribution is -0.149. The van der Waals surface area contributed by atoms with E-state index >= 15 is 0 Å². The molecule has 0 rings (SSSR count). The Morgan fingerprint density at radius 2 is 1.45 bits per heavy atom. The van der Waals surface area contributed by atoms with Crippen LogP contribution in [0, 0.1) is 0 Å². The molecule has 22 heavy (non-hydrogen) atoms. The lowest BCUT2D eigenvalue weighted by atomic mass is 10.1. The molecule has 0 spiro atoms. The van der Waals surface area contributed by atoms with Crippen LogP contribution in [0.4, 0.5) is 0 Å². The zero-order valence-electron chi connectivity index (χ0n) is 13.7. The molecular weight excluding hydrogens is 304 g/mol. The minimum absolute atomic E-state index is 0.0806. The maximum atomic E-state index is 11.4. The molecule has 0 atom stereocenters. The van der Waals surface area contributed by atoms with E-state index in [0.717, 1.165) is 38.0 Å². The largest absolute Gasteiger partial charge is 0.466 e. The van der Waals surface area contributed by atoms with Gasteiger partial charge in [0.1, 0.15) is 6.61 Å². The predicted octanol–water partition coefficient (Wildman–Crippen LogP) is 4.40. The molecule has 0 unspecified atom stereocenters. The average molecular weight is 333 g/mol. The molecule has 128 valence electrons. The number of allylic oxidation sites excluding steroid dienone is 1. The van der Waals surface area contributed by atoms with Gasteiger partial charge in [0.2, 0.25) is 0 Å². The van der Waals surface area contributed by atoms with Gasteiger partial charge in [-0.1, -0.05) is 44.8 Å². The second-order valence-corrected chi connectivity index (χ2v) is 5.47. The average Bonchev–Trinajstić information content (AvgIpc) is 2.52. The number of halogens is 1. The zero-order valence-corrected chi connectivity index (χ0v) is 14.4. The highest BCUT2D eigenvalue weighted by Gasteiger charge is 2.08. The number of unbranched alkanes of at least 4 members (excludes halogenated alkanes) is 5. The smallest absolute Gasteiger partial charge is 0.306 e. The van der Waals surface area contributed by atoms with Gasteiger partial charge in [-0.05, 0) is 19.3 Å². The topological polar surface area (TPSA) is 52.6 Å². The van der Waals surface area contributed by atoms with E-state index < -0.39 is 0 Å². The van der Waals surface area contributed by atoms with Gasteiger partial charge in [-0.2, -0.15) is 0 Å². The molecule has 4 nitrogen and oxygen atoms in total. The Kier molecular flexibility index (Phi) is 15.6. The van der Waals surface area contributed by atoms with Crippen LogP contribution >= 0.6 is 11.6 Å². The molecule has 0 fully saturated rings. The van der Waals surface area contributed by atoms with Crippen molar-refractivity contribution in [3.63, 3.8) is 0 Å². The molecule has 0 aliphatic heterocycles. The summed E-state index contributed by atoms with van der Waals surface area (Å²) in [6.45, 7) is 2.71. The number of alkyl halides is 1. The summed E-state index contributed by atoms with van der Waals surface area (Å²) in [4.78, 5) is 22.8. The van der Waals surface area contributed by atoms with Crippen LogP contribution in [0.1, 0.15) is 64.7 Å². The van der Waals surface area contributed by atoms with E-state index in [4.69, 9.17) is 21.1 Å². The summed E-state index contributed by atoms with van der Waals surface area (Å²) >= 11 is 5.60. The summed E-state index contributed by atoms with van der Waals surface area (Å²) in [6, 6.07) is 0. The fourth-order valence-corrected chi connectivity index (χ4v) is 2.00. The fraction of sp³-hybridized carbons (Fsp3) is 0.765. The quantitative estimate of drug-likeness (QED) is 0.205. The summed E-state index contributed by atoms with van der Waals surface area (Å²) in [5, 5.41) is 0. The van der Waals surface area contributed by atoms with Crippen LogP contribution < -0.4 is 0 Å². The predicted molar refractivity (Wildman–Crippen MR) is 89.0 cm³/mol. The Bertz CT molecular complexity index is 316. The van der Waals surface area contributed by atoms with E-state index in [-0.39, 0.29) is 31.4 Å². The molecule has 0 saturated carbocycles. The van der Waals surface area contributed by atoms with Crippen molar-refractivity contribution in [1.29, 1.82) is 0 Å². The van der Waals surface area contributed by atoms with E-state index in [2.05, 4.69) is 0 Å². The summed E-state index contributed by atoms with van der Waals surface area (Å²) < 4.78 is 10.0. The van der Waals surface area contributed by atoms with Crippen molar-refractivity contribution in [1.82, 2.24) is 0 Å². The third kappa shape index (κ3) is 15.4. The van der Waals surface area contributed by atoms with Crippen LogP contribution in [0.15, 0.2) is 12.2 Å². The summed E-state index contributed by atoms with van der Waals surface area (Å²) in [7, 11) is 0. The summed E-state index contributed by atoms with van der Waals surface area (Å²) in [5.74, 6) is 0.0368. The number of carbonyl (C=O) groups is 2. The number of hydrogen-bond acceptors (Lipinski definition) is 4. The molecule has 0 aliphatic carbocycles. The highest BCUT2D eigenvalue weighted by atomic mass is 35.5. The maximum Gasteiger partial charge on any atom is 0.306 e. The second-order valence-electron chi connectivity index (χ2n) is 5.09. The molecule has 0 radical (unpaired) electrons. The van der Waals surface area contributed by atoms with Gasteiger partial charge >= 0.3 is 11.9 Å². The van der Waals surface area contributed by atoms with Gasteiger partial charge < -0.3 is 9.47 Å². The lowest BCUT2D eigenvalue weighted by Gasteiger charge is -2.05. The van der Waals surface area contributed by atoms with Crippen molar-refractivity contribution in [2.75, 3.05) is 19.1 Å². The summed E-state index contributed by atoms with van der Waals surface area (Å²) in [6.07, 6.45) is 11.3. The standard InChI is InChI=1S/C17H29ClO4/c1-2-3-9-14-21-16(19)11-12-17(20)22-15-10-7-5-4-6-8-13-18/h3,9H,2,4-8,10-15H2,1H3/b9-3-.